The number of thiophene rings is 2. The zero-order chi connectivity index (χ0) is 15.3. The SMILES string of the molecule is CCNCCc1ccc(S(=O)(=O)NCc2ccc(C)s2)s1. The highest BCUT2D eigenvalue weighted by Crippen LogP contribution is 2.22. The molecule has 0 atom stereocenters. The van der Waals surface area contributed by atoms with Gasteiger partial charge < -0.3 is 5.32 Å². The van der Waals surface area contributed by atoms with E-state index in [0.29, 0.717) is 10.8 Å². The average Bonchev–Trinajstić information content (AvgIpc) is 3.06. The van der Waals surface area contributed by atoms with Crippen molar-refractivity contribution in [2.75, 3.05) is 13.1 Å². The van der Waals surface area contributed by atoms with E-state index in [9.17, 15) is 8.42 Å². The summed E-state index contributed by atoms with van der Waals surface area (Å²) in [6.07, 6.45) is 0.859. The van der Waals surface area contributed by atoms with E-state index in [1.165, 1.54) is 16.2 Å². The molecule has 0 saturated heterocycles. The molecule has 0 aliphatic rings. The first-order chi connectivity index (χ1) is 10.0. The van der Waals surface area contributed by atoms with Gasteiger partial charge in [0.2, 0.25) is 10.0 Å². The number of hydrogen-bond acceptors (Lipinski definition) is 5. The van der Waals surface area contributed by atoms with Gasteiger partial charge in [0.05, 0.1) is 0 Å². The quantitative estimate of drug-likeness (QED) is 0.724. The first kappa shape index (κ1) is 16.6. The monoisotopic (exact) mass is 344 g/mol. The van der Waals surface area contributed by atoms with Crippen LogP contribution in [0.2, 0.25) is 0 Å². The van der Waals surface area contributed by atoms with E-state index in [1.54, 1.807) is 17.4 Å². The second-order valence-corrected chi connectivity index (χ2v) is 9.20. The number of rotatable bonds is 8. The molecule has 2 aromatic rings. The van der Waals surface area contributed by atoms with E-state index < -0.39 is 10.0 Å². The smallest absolute Gasteiger partial charge is 0.250 e. The van der Waals surface area contributed by atoms with Crippen molar-refractivity contribution < 1.29 is 8.42 Å². The third kappa shape index (κ3) is 4.89. The van der Waals surface area contributed by atoms with Gasteiger partial charge in [-0.2, -0.15) is 0 Å². The molecule has 116 valence electrons. The Labute approximate surface area is 134 Å². The molecule has 4 nitrogen and oxygen atoms in total. The average molecular weight is 345 g/mol. The minimum Gasteiger partial charge on any atom is -0.317 e. The lowest BCUT2D eigenvalue weighted by Gasteiger charge is -2.03. The number of hydrogen-bond donors (Lipinski definition) is 2. The van der Waals surface area contributed by atoms with Crippen LogP contribution in [-0.2, 0) is 23.0 Å². The van der Waals surface area contributed by atoms with Gasteiger partial charge in [-0.3, -0.25) is 0 Å². The third-order valence-electron chi connectivity index (χ3n) is 2.93. The normalized spacial score (nSPS) is 11.9. The predicted molar refractivity (Wildman–Crippen MR) is 89.6 cm³/mol. The van der Waals surface area contributed by atoms with E-state index in [4.69, 9.17) is 0 Å². The summed E-state index contributed by atoms with van der Waals surface area (Å²) in [6, 6.07) is 7.54. The molecule has 0 amide bonds. The number of likely N-dealkylation sites (N-methyl/N-ethyl adjacent to an activating group) is 1. The second kappa shape index (κ2) is 7.51. The van der Waals surface area contributed by atoms with E-state index in [1.807, 2.05) is 25.1 Å². The van der Waals surface area contributed by atoms with Gasteiger partial charge in [-0.1, -0.05) is 6.92 Å². The van der Waals surface area contributed by atoms with Gasteiger partial charge >= 0.3 is 0 Å². The second-order valence-electron chi connectivity index (χ2n) is 4.66. The topological polar surface area (TPSA) is 58.2 Å². The number of sulfonamides is 1. The Morgan fingerprint density at radius 3 is 2.52 bits per heavy atom. The molecule has 2 aromatic heterocycles. The fraction of sp³-hybridized carbons (Fsp3) is 0.429. The fourth-order valence-electron chi connectivity index (χ4n) is 1.84. The maximum Gasteiger partial charge on any atom is 0.250 e. The minimum atomic E-state index is -3.40. The van der Waals surface area contributed by atoms with E-state index >= 15 is 0 Å². The van der Waals surface area contributed by atoms with Crippen LogP contribution in [0.1, 0.15) is 21.6 Å². The summed E-state index contributed by atoms with van der Waals surface area (Å²) < 4.78 is 27.5. The Hall–Kier alpha value is -0.730. The lowest BCUT2D eigenvalue weighted by molar-refractivity contribution is 0.584. The van der Waals surface area contributed by atoms with E-state index in [0.717, 1.165) is 29.3 Å². The molecule has 21 heavy (non-hydrogen) atoms. The maximum absolute atomic E-state index is 12.2. The highest BCUT2D eigenvalue weighted by Gasteiger charge is 2.16. The van der Waals surface area contributed by atoms with Crippen LogP contribution in [-0.4, -0.2) is 21.5 Å². The van der Waals surface area contributed by atoms with Crippen molar-refractivity contribution in [2.45, 2.75) is 31.0 Å². The van der Waals surface area contributed by atoms with Gasteiger partial charge in [0.15, 0.2) is 0 Å². The summed E-state index contributed by atoms with van der Waals surface area (Å²) in [5.74, 6) is 0. The Morgan fingerprint density at radius 2 is 1.86 bits per heavy atom. The number of nitrogens with one attached hydrogen (secondary N) is 2. The summed E-state index contributed by atoms with van der Waals surface area (Å²) in [4.78, 5) is 3.30. The summed E-state index contributed by atoms with van der Waals surface area (Å²) in [5.41, 5.74) is 0. The fourth-order valence-corrected chi connectivity index (χ4v) is 5.17. The van der Waals surface area contributed by atoms with Crippen LogP contribution in [0.15, 0.2) is 28.5 Å². The minimum absolute atomic E-state index is 0.353. The van der Waals surface area contributed by atoms with Crippen LogP contribution < -0.4 is 10.0 Å². The molecule has 0 aliphatic heterocycles. The summed E-state index contributed by atoms with van der Waals surface area (Å²) in [6.45, 7) is 6.22. The van der Waals surface area contributed by atoms with Crippen molar-refractivity contribution in [2.24, 2.45) is 0 Å². The van der Waals surface area contributed by atoms with Crippen LogP contribution in [0, 0.1) is 6.92 Å². The molecule has 0 unspecified atom stereocenters. The van der Waals surface area contributed by atoms with E-state index in [2.05, 4.69) is 17.0 Å². The van der Waals surface area contributed by atoms with Crippen molar-refractivity contribution in [3.63, 3.8) is 0 Å². The lowest BCUT2D eigenvalue weighted by Crippen LogP contribution is -2.21. The highest BCUT2D eigenvalue weighted by atomic mass is 32.2. The molecule has 2 heterocycles. The van der Waals surface area contributed by atoms with Crippen LogP contribution in [0.3, 0.4) is 0 Å². The molecule has 0 bridgehead atoms. The van der Waals surface area contributed by atoms with Crippen molar-refractivity contribution in [3.05, 3.63) is 38.9 Å². The van der Waals surface area contributed by atoms with Gasteiger partial charge in [0, 0.05) is 21.2 Å². The van der Waals surface area contributed by atoms with Crippen LogP contribution in [0.4, 0.5) is 0 Å². The summed E-state index contributed by atoms with van der Waals surface area (Å²) in [7, 11) is -3.40. The van der Waals surface area contributed by atoms with Crippen molar-refractivity contribution in [3.8, 4) is 0 Å². The standard InChI is InChI=1S/C14H20N2O2S3/c1-3-15-9-8-12-6-7-14(20-12)21(17,18)16-10-13-5-4-11(2)19-13/h4-7,15-16H,3,8-10H2,1-2H3. The Balaban J connectivity index is 1.95. The van der Waals surface area contributed by atoms with Crippen molar-refractivity contribution in [1.82, 2.24) is 10.0 Å². The van der Waals surface area contributed by atoms with Gasteiger partial charge in [-0.05, 0) is 50.7 Å². The molecular formula is C14H20N2O2S3. The first-order valence-electron chi connectivity index (χ1n) is 6.85. The first-order valence-corrected chi connectivity index (χ1v) is 9.97. The Kier molecular flexibility index (Phi) is 5.95. The molecule has 0 aromatic carbocycles. The maximum atomic E-state index is 12.2. The molecule has 2 N–H and O–H groups in total. The lowest BCUT2D eigenvalue weighted by atomic mass is 10.3. The summed E-state index contributed by atoms with van der Waals surface area (Å²) >= 11 is 2.95. The van der Waals surface area contributed by atoms with Crippen molar-refractivity contribution >= 4 is 32.7 Å². The molecular weight excluding hydrogens is 324 g/mol. The highest BCUT2D eigenvalue weighted by molar-refractivity contribution is 7.91. The molecule has 0 aliphatic carbocycles. The molecule has 0 spiro atoms. The molecule has 0 fully saturated rings. The predicted octanol–water partition coefficient (Wildman–Crippen LogP) is 2.75. The van der Waals surface area contributed by atoms with Gasteiger partial charge in [-0.25, -0.2) is 13.1 Å². The van der Waals surface area contributed by atoms with Gasteiger partial charge in [0.1, 0.15) is 4.21 Å². The van der Waals surface area contributed by atoms with Crippen LogP contribution >= 0.6 is 22.7 Å². The molecule has 0 saturated carbocycles. The zero-order valence-corrected chi connectivity index (χ0v) is 14.6. The number of aryl methyl sites for hydroxylation is 1. The zero-order valence-electron chi connectivity index (χ0n) is 12.2. The van der Waals surface area contributed by atoms with Crippen LogP contribution in [0.5, 0.6) is 0 Å². The van der Waals surface area contributed by atoms with Gasteiger partial charge in [0.25, 0.3) is 0 Å². The van der Waals surface area contributed by atoms with Crippen molar-refractivity contribution in [1.29, 1.82) is 0 Å². The van der Waals surface area contributed by atoms with Gasteiger partial charge in [-0.15, -0.1) is 22.7 Å². The Morgan fingerprint density at radius 1 is 1.10 bits per heavy atom. The largest absolute Gasteiger partial charge is 0.317 e. The van der Waals surface area contributed by atoms with E-state index in [-0.39, 0.29) is 0 Å². The Bertz CT molecular complexity index is 674. The third-order valence-corrected chi connectivity index (χ3v) is 6.97. The summed E-state index contributed by atoms with van der Waals surface area (Å²) in [5, 5.41) is 3.24. The molecule has 7 heteroatoms. The molecule has 0 radical (unpaired) electrons. The van der Waals surface area contributed by atoms with Crippen LogP contribution in [0.25, 0.3) is 0 Å². The molecule has 2 rings (SSSR count).